The van der Waals surface area contributed by atoms with Crippen LogP contribution in [0.1, 0.15) is 59.2 Å². The Morgan fingerprint density at radius 1 is 0.871 bits per heavy atom. The second-order valence-electron chi connectivity index (χ2n) is 8.14. The molecule has 2 fully saturated rings. The molecule has 4 amide bonds. The Kier molecular flexibility index (Phi) is 5.84. The lowest BCUT2D eigenvalue weighted by molar-refractivity contribution is -0.131. The summed E-state index contributed by atoms with van der Waals surface area (Å²) < 4.78 is 0. The Bertz CT molecular complexity index is 993. The predicted molar refractivity (Wildman–Crippen MR) is 116 cm³/mol. The van der Waals surface area contributed by atoms with E-state index in [2.05, 4.69) is 10.6 Å². The molecule has 2 aromatic carbocycles. The highest BCUT2D eigenvalue weighted by atomic mass is 16.2. The molecule has 31 heavy (non-hydrogen) atoms. The molecule has 7 nitrogen and oxygen atoms in total. The number of ketones is 1. The number of imide groups is 1. The molecule has 7 heteroatoms. The van der Waals surface area contributed by atoms with Gasteiger partial charge in [-0.25, -0.2) is 4.79 Å². The van der Waals surface area contributed by atoms with Crippen LogP contribution in [0.2, 0.25) is 0 Å². The van der Waals surface area contributed by atoms with E-state index < -0.39 is 11.6 Å². The minimum atomic E-state index is -0.848. The molecule has 1 aliphatic carbocycles. The first-order valence-electron chi connectivity index (χ1n) is 10.6. The highest BCUT2D eigenvalue weighted by Gasteiger charge is 2.51. The van der Waals surface area contributed by atoms with E-state index in [1.807, 2.05) is 6.07 Å². The number of nitrogens with one attached hydrogen (secondary N) is 2. The summed E-state index contributed by atoms with van der Waals surface area (Å²) in [5.41, 5.74) is 0.617. The molecule has 160 valence electrons. The smallest absolute Gasteiger partial charge is 0.323 e. The van der Waals surface area contributed by atoms with Crippen molar-refractivity contribution in [3.8, 4) is 0 Å². The van der Waals surface area contributed by atoms with E-state index in [-0.39, 0.29) is 24.1 Å². The van der Waals surface area contributed by atoms with Crippen molar-refractivity contribution < 1.29 is 19.2 Å². The molecule has 1 saturated heterocycles. The molecule has 0 atom stereocenters. The fraction of sp³-hybridized carbons (Fsp3) is 0.333. The van der Waals surface area contributed by atoms with Crippen molar-refractivity contribution in [2.75, 3.05) is 11.9 Å². The summed E-state index contributed by atoms with van der Waals surface area (Å²) in [5.74, 6) is -0.859. The zero-order valence-corrected chi connectivity index (χ0v) is 17.2. The zero-order valence-electron chi connectivity index (χ0n) is 17.2. The van der Waals surface area contributed by atoms with E-state index in [4.69, 9.17) is 0 Å². The number of carbonyl (C=O) groups excluding carboxylic acids is 4. The summed E-state index contributed by atoms with van der Waals surface area (Å²) in [7, 11) is 0. The molecular formula is C24H25N3O4. The van der Waals surface area contributed by atoms with E-state index in [1.54, 1.807) is 48.5 Å². The first-order valence-corrected chi connectivity index (χ1v) is 10.6. The molecule has 4 rings (SSSR count). The van der Waals surface area contributed by atoms with Gasteiger partial charge in [-0.2, -0.15) is 0 Å². The topological polar surface area (TPSA) is 95.6 Å². The zero-order chi connectivity index (χ0) is 21.8. The van der Waals surface area contributed by atoms with E-state index >= 15 is 0 Å². The Morgan fingerprint density at radius 2 is 1.52 bits per heavy atom. The van der Waals surface area contributed by atoms with Crippen molar-refractivity contribution in [1.82, 2.24) is 10.2 Å². The van der Waals surface area contributed by atoms with Crippen molar-refractivity contribution in [2.24, 2.45) is 0 Å². The maximum absolute atomic E-state index is 13.0. The number of urea groups is 1. The van der Waals surface area contributed by atoms with Crippen LogP contribution in [-0.2, 0) is 4.79 Å². The van der Waals surface area contributed by atoms with E-state index in [1.165, 1.54) is 0 Å². The summed E-state index contributed by atoms with van der Waals surface area (Å²) in [6, 6.07) is 14.8. The Morgan fingerprint density at radius 3 is 2.16 bits per heavy atom. The molecule has 2 aliphatic rings. The van der Waals surface area contributed by atoms with Crippen LogP contribution in [0, 0.1) is 0 Å². The summed E-state index contributed by atoms with van der Waals surface area (Å²) in [6.07, 6.45) is 5.14. The number of Topliss-reactive ketones (excluding diaryl/α,β-unsaturated/α-hetero) is 1. The first kappa shape index (κ1) is 20.8. The summed E-state index contributed by atoms with van der Waals surface area (Å²) in [4.78, 5) is 51.4. The quantitative estimate of drug-likeness (QED) is 0.570. The third-order valence-corrected chi connectivity index (χ3v) is 6.01. The van der Waals surface area contributed by atoms with Gasteiger partial charge in [-0.15, -0.1) is 0 Å². The lowest BCUT2D eigenvalue weighted by atomic mass is 9.90. The number of nitrogens with zero attached hydrogens (tertiary/aromatic N) is 1. The van der Waals surface area contributed by atoms with Gasteiger partial charge in [0.25, 0.3) is 11.8 Å². The number of anilines is 1. The number of hydrogen-bond donors (Lipinski definition) is 2. The van der Waals surface area contributed by atoms with Gasteiger partial charge in [0, 0.05) is 16.8 Å². The molecule has 1 spiro atoms. The van der Waals surface area contributed by atoms with Crippen LogP contribution in [0.3, 0.4) is 0 Å². The predicted octanol–water partition coefficient (Wildman–Crippen LogP) is 3.77. The van der Waals surface area contributed by atoms with Crippen LogP contribution >= 0.6 is 0 Å². The lowest BCUT2D eigenvalue weighted by Gasteiger charge is -2.24. The van der Waals surface area contributed by atoms with Crippen molar-refractivity contribution in [3.05, 3.63) is 65.7 Å². The molecule has 1 saturated carbocycles. The van der Waals surface area contributed by atoms with Gasteiger partial charge in [-0.05, 0) is 49.2 Å². The van der Waals surface area contributed by atoms with Crippen LogP contribution in [0.15, 0.2) is 54.6 Å². The molecule has 0 radical (unpaired) electrons. The Labute approximate surface area is 180 Å². The minimum Gasteiger partial charge on any atom is -0.323 e. The average molecular weight is 419 g/mol. The largest absolute Gasteiger partial charge is 0.325 e. The summed E-state index contributed by atoms with van der Waals surface area (Å²) >= 11 is 0. The molecule has 0 unspecified atom stereocenters. The van der Waals surface area contributed by atoms with Crippen LogP contribution in [-0.4, -0.2) is 40.6 Å². The second kappa shape index (κ2) is 8.71. The van der Waals surface area contributed by atoms with Gasteiger partial charge in [0.05, 0.1) is 6.54 Å². The van der Waals surface area contributed by atoms with Crippen LogP contribution in [0.25, 0.3) is 0 Å². The molecule has 0 bridgehead atoms. The van der Waals surface area contributed by atoms with Crippen molar-refractivity contribution in [3.63, 3.8) is 0 Å². The van der Waals surface area contributed by atoms with Gasteiger partial charge in [-0.3, -0.25) is 19.3 Å². The molecule has 1 heterocycles. The molecule has 2 N–H and O–H groups in total. The first-order chi connectivity index (χ1) is 15.0. The van der Waals surface area contributed by atoms with Gasteiger partial charge in [-0.1, -0.05) is 43.9 Å². The highest BCUT2D eigenvalue weighted by Crippen LogP contribution is 2.32. The maximum Gasteiger partial charge on any atom is 0.325 e. The Balaban J connectivity index is 1.40. The van der Waals surface area contributed by atoms with E-state index in [9.17, 15) is 19.2 Å². The number of amides is 4. The second-order valence-corrected chi connectivity index (χ2v) is 8.14. The van der Waals surface area contributed by atoms with Gasteiger partial charge in [0.2, 0.25) is 0 Å². The molecule has 0 aromatic heterocycles. The van der Waals surface area contributed by atoms with Crippen LogP contribution in [0.4, 0.5) is 10.5 Å². The number of hydrogen-bond acceptors (Lipinski definition) is 4. The summed E-state index contributed by atoms with van der Waals surface area (Å²) in [5, 5.41) is 5.63. The fourth-order valence-corrected chi connectivity index (χ4v) is 4.26. The third kappa shape index (κ3) is 4.35. The van der Waals surface area contributed by atoms with Gasteiger partial charge in [0.1, 0.15) is 5.54 Å². The number of rotatable bonds is 5. The molecule has 2 aromatic rings. The molecule has 1 aliphatic heterocycles. The van der Waals surface area contributed by atoms with E-state index in [0.29, 0.717) is 29.7 Å². The van der Waals surface area contributed by atoms with Gasteiger partial charge < -0.3 is 10.6 Å². The highest BCUT2D eigenvalue weighted by molar-refractivity contribution is 6.11. The van der Waals surface area contributed by atoms with Gasteiger partial charge in [0.15, 0.2) is 5.78 Å². The minimum absolute atomic E-state index is 0.243. The maximum atomic E-state index is 13.0. The number of carbonyl (C=O) groups is 4. The standard InChI is InChI=1S/C24H25N3O4/c28-20(16-27-22(30)24(26-23(27)31)14-6-1-2-7-15-24)17-10-12-19(13-11-17)25-21(29)18-8-4-3-5-9-18/h3-5,8-13H,1-2,6-7,14-16H2,(H,25,29)(H,26,31). The van der Waals surface area contributed by atoms with Gasteiger partial charge >= 0.3 is 6.03 Å². The van der Waals surface area contributed by atoms with Crippen LogP contribution < -0.4 is 10.6 Å². The van der Waals surface area contributed by atoms with Crippen LogP contribution in [0.5, 0.6) is 0 Å². The SMILES string of the molecule is O=C(CN1C(=O)NC2(CCCCCC2)C1=O)c1ccc(NC(=O)c2ccccc2)cc1. The average Bonchev–Trinajstić information content (AvgIpc) is 2.94. The lowest BCUT2D eigenvalue weighted by Crippen LogP contribution is -2.46. The summed E-state index contributed by atoms with van der Waals surface area (Å²) in [6.45, 7) is -0.290. The normalized spacial score (nSPS) is 17.9. The Hall–Kier alpha value is -3.48. The van der Waals surface area contributed by atoms with Crippen molar-refractivity contribution >= 4 is 29.3 Å². The van der Waals surface area contributed by atoms with Crippen molar-refractivity contribution in [2.45, 2.75) is 44.1 Å². The monoisotopic (exact) mass is 419 g/mol. The van der Waals surface area contributed by atoms with Crippen molar-refractivity contribution in [1.29, 1.82) is 0 Å². The van der Waals surface area contributed by atoms with E-state index in [0.717, 1.165) is 30.6 Å². The fourth-order valence-electron chi connectivity index (χ4n) is 4.26. The third-order valence-electron chi connectivity index (χ3n) is 6.01. The molecular weight excluding hydrogens is 394 g/mol. The number of benzene rings is 2.